The molecule has 1 aliphatic rings. The Balaban J connectivity index is 1.35. The summed E-state index contributed by atoms with van der Waals surface area (Å²) in [6, 6.07) is 65.8. The molecule has 0 radical (unpaired) electrons. The molecule has 0 amide bonds. The Bertz CT molecular complexity index is 2310. The molecule has 0 N–H and O–H groups in total. The van der Waals surface area contributed by atoms with Gasteiger partial charge in [0, 0.05) is 47.0 Å². The molecular formula is C44H30OS. The van der Waals surface area contributed by atoms with Crippen LogP contribution in [0.5, 0.6) is 0 Å². The van der Waals surface area contributed by atoms with Crippen molar-refractivity contribution in [2.45, 2.75) is 19.6 Å². The predicted molar refractivity (Wildman–Crippen MR) is 191 cm³/mol. The minimum absolute atomic E-state index is 0.902. The molecule has 46 heavy (non-hydrogen) atoms. The van der Waals surface area contributed by atoms with Gasteiger partial charge in [0.2, 0.25) is 0 Å². The van der Waals surface area contributed by atoms with Crippen molar-refractivity contribution in [3.63, 3.8) is 0 Å². The SMILES string of the molecule is c1ccc(-c2ccccc2-c2oc(-c3cccc4c3-c3ccccc3S4(c3ccccc3)c3ccccc3)c3ccccc23)cc1. The maximum Gasteiger partial charge on any atom is 0.143 e. The van der Waals surface area contributed by atoms with E-state index < -0.39 is 10.0 Å². The molecule has 0 aliphatic carbocycles. The Morgan fingerprint density at radius 3 is 1.43 bits per heavy atom. The normalized spacial score (nSPS) is 13.7. The molecule has 218 valence electrons. The number of rotatable bonds is 5. The van der Waals surface area contributed by atoms with Gasteiger partial charge in [0.15, 0.2) is 0 Å². The number of fused-ring (bicyclic) bond motifs is 4. The molecule has 0 saturated heterocycles. The van der Waals surface area contributed by atoms with Crippen LogP contribution >= 0.6 is 10.0 Å². The third kappa shape index (κ3) is 3.90. The van der Waals surface area contributed by atoms with E-state index in [1.54, 1.807) is 0 Å². The Hall–Kier alpha value is -5.57. The van der Waals surface area contributed by atoms with Crippen LogP contribution in [0, 0.1) is 0 Å². The van der Waals surface area contributed by atoms with Crippen LogP contribution in [0.15, 0.2) is 206 Å². The molecule has 0 atom stereocenters. The molecule has 1 aromatic heterocycles. The minimum Gasteiger partial charge on any atom is -0.455 e. The highest BCUT2D eigenvalue weighted by Crippen LogP contribution is 2.80. The van der Waals surface area contributed by atoms with Gasteiger partial charge in [0.05, 0.1) is 0 Å². The van der Waals surface area contributed by atoms with Crippen molar-refractivity contribution in [3.05, 3.63) is 182 Å². The summed E-state index contributed by atoms with van der Waals surface area (Å²) in [6.07, 6.45) is 0. The summed E-state index contributed by atoms with van der Waals surface area (Å²) in [5.74, 6) is 1.81. The Morgan fingerprint density at radius 1 is 0.326 bits per heavy atom. The molecule has 2 heteroatoms. The first-order valence-electron chi connectivity index (χ1n) is 15.7. The quantitative estimate of drug-likeness (QED) is 0.190. The summed E-state index contributed by atoms with van der Waals surface area (Å²) in [4.78, 5) is 5.41. The smallest absolute Gasteiger partial charge is 0.143 e. The molecule has 1 aliphatic heterocycles. The van der Waals surface area contributed by atoms with Crippen LogP contribution in [0.2, 0.25) is 0 Å². The van der Waals surface area contributed by atoms with Crippen LogP contribution < -0.4 is 0 Å². The van der Waals surface area contributed by atoms with E-state index >= 15 is 0 Å². The lowest BCUT2D eigenvalue weighted by molar-refractivity contribution is 0.602. The maximum absolute atomic E-state index is 7.13. The molecule has 0 fully saturated rings. The van der Waals surface area contributed by atoms with Crippen LogP contribution in [0.1, 0.15) is 0 Å². The first-order chi connectivity index (χ1) is 22.9. The van der Waals surface area contributed by atoms with Crippen LogP contribution in [-0.4, -0.2) is 0 Å². The van der Waals surface area contributed by atoms with Crippen molar-refractivity contribution in [2.75, 3.05) is 0 Å². The lowest BCUT2D eigenvalue weighted by atomic mass is 9.95. The van der Waals surface area contributed by atoms with E-state index in [1.165, 1.54) is 36.3 Å². The van der Waals surface area contributed by atoms with Crippen molar-refractivity contribution in [1.82, 2.24) is 0 Å². The number of furan rings is 1. The van der Waals surface area contributed by atoms with Gasteiger partial charge in [0.25, 0.3) is 0 Å². The fourth-order valence-electron chi connectivity index (χ4n) is 7.25. The Labute approximate surface area is 270 Å². The largest absolute Gasteiger partial charge is 0.455 e. The molecule has 7 aromatic carbocycles. The fraction of sp³-hybridized carbons (Fsp3) is 0. The number of hydrogen-bond acceptors (Lipinski definition) is 1. The molecule has 0 spiro atoms. The molecule has 0 saturated carbocycles. The molecular weight excluding hydrogens is 577 g/mol. The van der Waals surface area contributed by atoms with E-state index in [0.717, 1.165) is 39.0 Å². The third-order valence-electron chi connectivity index (χ3n) is 9.16. The topological polar surface area (TPSA) is 13.1 Å². The molecule has 8 aromatic rings. The Morgan fingerprint density at radius 2 is 0.783 bits per heavy atom. The molecule has 0 unspecified atom stereocenters. The van der Waals surface area contributed by atoms with Crippen molar-refractivity contribution in [2.24, 2.45) is 0 Å². The second-order valence-corrected chi connectivity index (χ2v) is 14.7. The standard InChI is InChI=1S/C44H30OS/c1-4-17-31(18-5-1)34-23-10-11-24-35(34)43-36-25-12-13-26-37(36)44(45-43)39-28-16-30-41-42(39)38-27-14-15-29-40(38)46(41,32-19-6-2-7-20-32)33-21-8-3-9-22-33/h1-30H. The van der Waals surface area contributed by atoms with E-state index in [2.05, 4.69) is 182 Å². The molecule has 9 rings (SSSR count). The van der Waals surface area contributed by atoms with Gasteiger partial charge in [-0.05, 0) is 53.1 Å². The van der Waals surface area contributed by atoms with Gasteiger partial charge in [0.1, 0.15) is 11.5 Å². The first-order valence-corrected chi connectivity index (χ1v) is 17.3. The summed E-state index contributed by atoms with van der Waals surface area (Å²) in [5.41, 5.74) is 7.11. The highest BCUT2D eigenvalue weighted by atomic mass is 32.3. The summed E-state index contributed by atoms with van der Waals surface area (Å²) < 4.78 is 7.13. The van der Waals surface area contributed by atoms with E-state index in [0.29, 0.717) is 0 Å². The van der Waals surface area contributed by atoms with E-state index in [4.69, 9.17) is 4.42 Å². The van der Waals surface area contributed by atoms with Gasteiger partial charge < -0.3 is 4.42 Å². The van der Waals surface area contributed by atoms with E-state index in [1.807, 2.05) is 0 Å². The van der Waals surface area contributed by atoms with Gasteiger partial charge in [-0.15, -0.1) is 10.0 Å². The Kier molecular flexibility index (Phi) is 6.29. The van der Waals surface area contributed by atoms with E-state index in [-0.39, 0.29) is 0 Å². The molecule has 1 nitrogen and oxygen atoms in total. The molecule has 2 heterocycles. The maximum atomic E-state index is 7.13. The van der Waals surface area contributed by atoms with Crippen LogP contribution in [-0.2, 0) is 0 Å². The zero-order valence-corrected chi connectivity index (χ0v) is 26.0. The summed E-state index contributed by atoms with van der Waals surface area (Å²) >= 11 is 0. The van der Waals surface area contributed by atoms with Gasteiger partial charge in [-0.1, -0.05) is 146 Å². The third-order valence-corrected chi connectivity index (χ3v) is 13.1. The predicted octanol–water partition coefficient (Wildman–Crippen LogP) is 12.8. The zero-order valence-electron chi connectivity index (χ0n) is 25.1. The average Bonchev–Trinajstić information content (AvgIpc) is 3.67. The van der Waals surface area contributed by atoms with Gasteiger partial charge in [-0.2, -0.15) is 0 Å². The van der Waals surface area contributed by atoms with Crippen molar-refractivity contribution in [1.29, 1.82) is 0 Å². The summed E-state index contributed by atoms with van der Waals surface area (Å²) in [7, 11) is -1.75. The average molecular weight is 607 g/mol. The second-order valence-electron chi connectivity index (χ2n) is 11.6. The lowest BCUT2D eigenvalue weighted by Gasteiger charge is -2.39. The van der Waals surface area contributed by atoms with Gasteiger partial charge in [-0.3, -0.25) is 0 Å². The van der Waals surface area contributed by atoms with Crippen molar-refractivity contribution < 1.29 is 4.42 Å². The molecule has 0 bridgehead atoms. The lowest BCUT2D eigenvalue weighted by Crippen LogP contribution is -2.01. The zero-order chi connectivity index (χ0) is 30.5. The van der Waals surface area contributed by atoms with Crippen LogP contribution in [0.4, 0.5) is 0 Å². The second kappa shape index (κ2) is 10.8. The van der Waals surface area contributed by atoms with Crippen molar-refractivity contribution >= 4 is 20.8 Å². The first kappa shape index (κ1) is 26.8. The van der Waals surface area contributed by atoms with Crippen LogP contribution in [0.3, 0.4) is 0 Å². The number of benzene rings is 7. The number of hydrogen-bond donors (Lipinski definition) is 0. The van der Waals surface area contributed by atoms with E-state index in [9.17, 15) is 0 Å². The highest BCUT2D eigenvalue weighted by molar-refractivity contribution is 8.34. The van der Waals surface area contributed by atoms with Gasteiger partial charge in [-0.25, -0.2) is 0 Å². The van der Waals surface area contributed by atoms with Gasteiger partial charge >= 0.3 is 0 Å². The fourth-order valence-corrected chi connectivity index (χ4v) is 11.5. The van der Waals surface area contributed by atoms with Crippen LogP contribution in [0.25, 0.3) is 55.7 Å². The van der Waals surface area contributed by atoms with Crippen molar-refractivity contribution in [3.8, 4) is 44.9 Å². The summed E-state index contributed by atoms with van der Waals surface area (Å²) in [6.45, 7) is 0. The minimum atomic E-state index is -1.75. The highest BCUT2D eigenvalue weighted by Gasteiger charge is 2.43. The summed E-state index contributed by atoms with van der Waals surface area (Å²) in [5, 5.41) is 2.24. The monoisotopic (exact) mass is 606 g/mol.